The van der Waals surface area contributed by atoms with Crippen LogP contribution in [0.3, 0.4) is 0 Å². The molecule has 5 heteroatoms. The fourth-order valence-corrected chi connectivity index (χ4v) is 1.86. The predicted molar refractivity (Wildman–Crippen MR) is 71.5 cm³/mol. The van der Waals surface area contributed by atoms with Crippen molar-refractivity contribution in [1.29, 1.82) is 0 Å². The number of rotatable bonds is 3. The second-order valence-electron chi connectivity index (χ2n) is 4.30. The molecule has 2 aromatic rings. The molecule has 0 bridgehead atoms. The van der Waals surface area contributed by atoms with Gasteiger partial charge in [-0.2, -0.15) is 0 Å². The van der Waals surface area contributed by atoms with Crippen molar-refractivity contribution in [3.05, 3.63) is 35.6 Å². The van der Waals surface area contributed by atoms with E-state index in [1.165, 1.54) is 0 Å². The molecule has 0 unspecified atom stereocenters. The van der Waals surface area contributed by atoms with Crippen molar-refractivity contribution < 1.29 is 14.0 Å². The molecule has 0 spiro atoms. The molecule has 0 aliphatic carbocycles. The lowest BCUT2D eigenvalue weighted by atomic mass is 10.1. The third-order valence-corrected chi connectivity index (χ3v) is 2.84. The van der Waals surface area contributed by atoms with Gasteiger partial charge < -0.3 is 4.42 Å². The maximum Gasteiger partial charge on any atom is 0.305 e. The number of hydrogen-bond acceptors (Lipinski definition) is 3. The lowest BCUT2D eigenvalue weighted by Gasteiger charge is -2.05. The van der Waals surface area contributed by atoms with Crippen LogP contribution in [0.4, 0.5) is 0 Å². The highest BCUT2D eigenvalue weighted by Gasteiger charge is 2.17. The van der Waals surface area contributed by atoms with Crippen LogP contribution in [0.25, 0.3) is 11.0 Å². The van der Waals surface area contributed by atoms with Gasteiger partial charge in [0, 0.05) is 17.4 Å². The fourth-order valence-electron chi connectivity index (χ4n) is 1.86. The monoisotopic (exact) mass is 260 g/mol. The standard InChI is InChI=1S/C14H16N2O3/c1-3-6-12(17)15-16-14(18)13-9(2)10-7-4-5-8-11(10)19-13/h4-5,7-8H,3,6H2,1-2H3,(H,15,17)(H,16,18). The van der Waals surface area contributed by atoms with Crippen LogP contribution in [-0.4, -0.2) is 11.8 Å². The van der Waals surface area contributed by atoms with Gasteiger partial charge in [0.1, 0.15) is 5.58 Å². The smallest absolute Gasteiger partial charge is 0.305 e. The van der Waals surface area contributed by atoms with Crippen molar-refractivity contribution in [2.75, 3.05) is 0 Å². The third kappa shape index (κ3) is 2.76. The number of amides is 2. The lowest BCUT2D eigenvalue weighted by molar-refractivity contribution is -0.121. The zero-order valence-corrected chi connectivity index (χ0v) is 10.9. The van der Waals surface area contributed by atoms with Gasteiger partial charge in [0.05, 0.1) is 0 Å². The molecule has 0 aliphatic rings. The summed E-state index contributed by atoms with van der Waals surface area (Å²) >= 11 is 0. The second-order valence-corrected chi connectivity index (χ2v) is 4.30. The predicted octanol–water partition coefficient (Wildman–Crippen LogP) is 2.30. The average Bonchev–Trinajstić information content (AvgIpc) is 2.74. The lowest BCUT2D eigenvalue weighted by Crippen LogP contribution is -2.41. The Morgan fingerprint density at radius 3 is 2.63 bits per heavy atom. The van der Waals surface area contributed by atoms with Gasteiger partial charge >= 0.3 is 5.91 Å². The first kappa shape index (κ1) is 13.1. The zero-order chi connectivity index (χ0) is 13.8. The SMILES string of the molecule is CCCC(=O)NNC(=O)c1oc2ccccc2c1C. The number of hydrogen-bond donors (Lipinski definition) is 2. The van der Waals surface area contributed by atoms with Gasteiger partial charge in [0.2, 0.25) is 5.91 Å². The van der Waals surface area contributed by atoms with E-state index in [-0.39, 0.29) is 11.7 Å². The van der Waals surface area contributed by atoms with Crippen LogP contribution < -0.4 is 10.9 Å². The van der Waals surface area contributed by atoms with Crippen LogP contribution in [0.1, 0.15) is 35.9 Å². The summed E-state index contributed by atoms with van der Waals surface area (Å²) in [6, 6.07) is 7.42. The number of hydrazine groups is 1. The zero-order valence-electron chi connectivity index (χ0n) is 10.9. The van der Waals surface area contributed by atoms with E-state index in [2.05, 4.69) is 10.9 Å². The highest BCUT2D eigenvalue weighted by Crippen LogP contribution is 2.24. The van der Waals surface area contributed by atoms with Crippen LogP contribution in [0.5, 0.6) is 0 Å². The quantitative estimate of drug-likeness (QED) is 0.832. The number of para-hydroxylation sites is 1. The van der Waals surface area contributed by atoms with Crippen LogP contribution in [0.2, 0.25) is 0 Å². The minimum atomic E-state index is -0.446. The van der Waals surface area contributed by atoms with Gasteiger partial charge in [-0.3, -0.25) is 20.4 Å². The summed E-state index contributed by atoms with van der Waals surface area (Å²) in [5.74, 6) is -0.444. The number of benzene rings is 1. The van der Waals surface area contributed by atoms with Crippen molar-refractivity contribution in [3.8, 4) is 0 Å². The number of furan rings is 1. The molecule has 0 saturated heterocycles. The van der Waals surface area contributed by atoms with Crippen molar-refractivity contribution in [2.24, 2.45) is 0 Å². The molecule has 1 heterocycles. The Morgan fingerprint density at radius 2 is 1.95 bits per heavy atom. The molecule has 19 heavy (non-hydrogen) atoms. The van der Waals surface area contributed by atoms with Gasteiger partial charge in [-0.05, 0) is 19.4 Å². The largest absolute Gasteiger partial charge is 0.451 e. The van der Waals surface area contributed by atoms with E-state index in [9.17, 15) is 9.59 Å². The first-order valence-electron chi connectivity index (χ1n) is 6.20. The number of nitrogens with one attached hydrogen (secondary N) is 2. The fraction of sp³-hybridized carbons (Fsp3) is 0.286. The maximum absolute atomic E-state index is 11.9. The van der Waals surface area contributed by atoms with Gasteiger partial charge in [0.15, 0.2) is 5.76 Å². The van der Waals surface area contributed by atoms with Gasteiger partial charge in [-0.15, -0.1) is 0 Å². The van der Waals surface area contributed by atoms with Gasteiger partial charge in [-0.1, -0.05) is 25.1 Å². The number of fused-ring (bicyclic) bond motifs is 1. The first-order valence-corrected chi connectivity index (χ1v) is 6.20. The van der Waals surface area contributed by atoms with Crippen molar-refractivity contribution in [2.45, 2.75) is 26.7 Å². The molecule has 100 valence electrons. The first-order chi connectivity index (χ1) is 9.13. The van der Waals surface area contributed by atoms with E-state index in [1.807, 2.05) is 32.0 Å². The van der Waals surface area contributed by atoms with Crippen molar-refractivity contribution >= 4 is 22.8 Å². The topological polar surface area (TPSA) is 71.3 Å². The van der Waals surface area contributed by atoms with Crippen molar-refractivity contribution in [1.82, 2.24) is 10.9 Å². The van der Waals surface area contributed by atoms with Crippen LogP contribution in [0.15, 0.2) is 28.7 Å². The average molecular weight is 260 g/mol. The summed E-state index contributed by atoms with van der Waals surface area (Å²) in [4.78, 5) is 23.2. The summed E-state index contributed by atoms with van der Waals surface area (Å²) in [6.07, 6.45) is 1.10. The molecule has 0 aliphatic heterocycles. The molecule has 0 radical (unpaired) electrons. The highest BCUT2D eigenvalue weighted by atomic mass is 16.3. The number of aryl methyl sites for hydroxylation is 1. The molecule has 0 fully saturated rings. The Bertz CT molecular complexity index is 616. The second kappa shape index (κ2) is 5.56. The molecule has 1 aromatic carbocycles. The van der Waals surface area contributed by atoms with E-state index in [0.29, 0.717) is 12.0 Å². The molecule has 2 rings (SSSR count). The highest BCUT2D eigenvalue weighted by molar-refractivity contribution is 5.99. The Hall–Kier alpha value is -2.30. The van der Waals surface area contributed by atoms with Crippen LogP contribution in [-0.2, 0) is 4.79 Å². The maximum atomic E-state index is 11.9. The normalized spacial score (nSPS) is 10.4. The van der Waals surface area contributed by atoms with E-state index in [4.69, 9.17) is 4.42 Å². The van der Waals surface area contributed by atoms with Crippen LogP contribution >= 0.6 is 0 Å². The van der Waals surface area contributed by atoms with Crippen LogP contribution in [0, 0.1) is 6.92 Å². The molecular formula is C14H16N2O3. The Morgan fingerprint density at radius 1 is 1.21 bits per heavy atom. The molecule has 0 atom stereocenters. The molecule has 5 nitrogen and oxygen atoms in total. The molecular weight excluding hydrogens is 244 g/mol. The minimum Gasteiger partial charge on any atom is -0.451 e. The van der Waals surface area contributed by atoms with Gasteiger partial charge in [0.25, 0.3) is 0 Å². The summed E-state index contributed by atoms with van der Waals surface area (Å²) < 4.78 is 5.49. The van der Waals surface area contributed by atoms with E-state index in [1.54, 1.807) is 6.07 Å². The Labute approximate surface area is 110 Å². The Kier molecular flexibility index (Phi) is 3.85. The summed E-state index contributed by atoms with van der Waals surface area (Å²) in [7, 11) is 0. The molecule has 2 N–H and O–H groups in total. The number of carbonyl (C=O) groups is 2. The molecule has 2 amide bonds. The van der Waals surface area contributed by atoms with E-state index >= 15 is 0 Å². The molecule has 1 aromatic heterocycles. The summed E-state index contributed by atoms with van der Waals surface area (Å²) in [5, 5.41) is 0.896. The number of carbonyl (C=O) groups excluding carboxylic acids is 2. The summed E-state index contributed by atoms with van der Waals surface area (Å²) in [5.41, 5.74) is 6.13. The van der Waals surface area contributed by atoms with E-state index < -0.39 is 5.91 Å². The Balaban J connectivity index is 2.13. The summed E-state index contributed by atoms with van der Waals surface area (Å²) in [6.45, 7) is 3.71. The van der Waals surface area contributed by atoms with Crippen molar-refractivity contribution in [3.63, 3.8) is 0 Å². The molecule has 0 saturated carbocycles. The minimum absolute atomic E-state index is 0.218. The van der Waals surface area contributed by atoms with E-state index in [0.717, 1.165) is 17.4 Å². The third-order valence-electron chi connectivity index (χ3n) is 2.84. The van der Waals surface area contributed by atoms with Gasteiger partial charge in [-0.25, -0.2) is 0 Å².